The average Bonchev–Trinajstić information content (AvgIpc) is 3.69. The molecule has 1 aliphatic rings. The van der Waals surface area contributed by atoms with Crippen LogP contribution < -0.4 is 10.2 Å². The summed E-state index contributed by atoms with van der Waals surface area (Å²) in [7, 11) is 1.95. The van der Waals surface area contributed by atoms with Crippen LogP contribution in [0.15, 0.2) is 85.5 Å². The molecule has 1 fully saturated rings. The first-order valence-corrected chi connectivity index (χ1v) is 14.6. The summed E-state index contributed by atoms with van der Waals surface area (Å²) in [6.45, 7) is 4.30. The van der Waals surface area contributed by atoms with Crippen LogP contribution >= 0.6 is 0 Å². The molecular weight excluding hydrogens is 579 g/mol. The second-order valence-corrected chi connectivity index (χ2v) is 11.4. The maximum atomic E-state index is 14.1. The Hall–Kier alpha value is -5.16. The minimum Gasteiger partial charge on any atom is -0.368 e. The molecule has 4 heterocycles. The molecule has 228 valence electrons. The highest BCUT2D eigenvalue weighted by Crippen LogP contribution is 2.38. The van der Waals surface area contributed by atoms with E-state index >= 15 is 0 Å². The Bertz CT molecular complexity index is 2050. The van der Waals surface area contributed by atoms with Crippen molar-refractivity contribution in [1.82, 2.24) is 24.4 Å². The van der Waals surface area contributed by atoms with Crippen molar-refractivity contribution in [3.63, 3.8) is 0 Å². The van der Waals surface area contributed by atoms with Crippen LogP contribution in [-0.4, -0.2) is 63.6 Å². The minimum atomic E-state index is -4.60. The van der Waals surface area contributed by atoms with Gasteiger partial charge in [-0.3, -0.25) is 4.79 Å². The lowest BCUT2D eigenvalue weighted by Crippen LogP contribution is -2.45. The number of likely N-dealkylation sites (N-methyl/N-ethyl adjacent to an activating group) is 1. The van der Waals surface area contributed by atoms with Crippen LogP contribution in [0.3, 0.4) is 0 Å². The first kappa shape index (κ1) is 28.6. The van der Waals surface area contributed by atoms with Crippen molar-refractivity contribution in [2.45, 2.75) is 13.1 Å². The Labute approximate surface area is 257 Å². The molecule has 0 atom stereocenters. The number of alkyl halides is 3. The van der Waals surface area contributed by atoms with E-state index in [1.807, 2.05) is 67.3 Å². The third-order valence-electron chi connectivity index (χ3n) is 8.47. The van der Waals surface area contributed by atoms with Crippen LogP contribution in [0, 0.1) is 6.92 Å². The number of aromatic amines is 1. The van der Waals surface area contributed by atoms with E-state index in [4.69, 9.17) is 0 Å². The second-order valence-electron chi connectivity index (χ2n) is 11.4. The van der Waals surface area contributed by atoms with Gasteiger partial charge in [-0.05, 0) is 79.2 Å². The first-order chi connectivity index (χ1) is 21.7. The molecule has 2 N–H and O–H groups in total. The summed E-state index contributed by atoms with van der Waals surface area (Å²) in [6.07, 6.45) is 0.727. The number of piperazine rings is 1. The smallest absolute Gasteiger partial charge is 0.368 e. The Balaban J connectivity index is 1.19. The Morgan fingerprint density at radius 1 is 0.933 bits per heavy atom. The zero-order valence-electron chi connectivity index (χ0n) is 24.7. The Morgan fingerprint density at radius 3 is 2.56 bits per heavy atom. The van der Waals surface area contributed by atoms with E-state index in [0.29, 0.717) is 31.9 Å². The number of halogens is 3. The monoisotopic (exact) mass is 609 g/mol. The van der Waals surface area contributed by atoms with Crippen LogP contribution in [-0.2, 0) is 6.18 Å². The fraction of sp³-hybridized carbons (Fsp3) is 0.206. The molecule has 6 aromatic rings. The van der Waals surface area contributed by atoms with E-state index in [1.165, 1.54) is 18.5 Å². The minimum absolute atomic E-state index is 0.0532. The maximum Gasteiger partial charge on any atom is 0.418 e. The molecule has 8 nitrogen and oxygen atoms in total. The molecule has 3 aromatic carbocycles. The summed E-state index contributed by atoms with van der Waals surface area (Å²) >= 11 is 0. The van der Waals surface area contributed by atoms with E-state index in [-0.39, 0.29) is 11.3 Å². The lowest BCUT2D eigenvalue weighted by Gasteiger charge is -2.35. The second kappa shape index (κ2) is 11.1. The van der Waals surface area contributed by atoms with Crippen molar-refractivity contribution >= 4 is 39.2 Å². The predicted molar refractivity (Wildman–Crippen MR) is 170 cm³/mol. The van der Waals surface area contributed by atoms with Crippen LogP contribution in [0.5, 0.6) is 0 Å². The number of fused-ring (bicyclic) bond motifs is 2. The van der Waals surface area contributed by atoms with Crippen LogP contribution in [0.4, 0.5) is 24.5 Å². The third-order valence-corrected chi connectivity index (χ3v) is 8.47. The summed E-state index contributed by atoms with van der Waals surface area (Å²) in [5, 5.41) is 4.74. The first-order valence-electron chi connectivity index (χ1n) is 14.6. The molecule has 45 heavy (non-hydrogen) atoms. The normalized spacial score (nSPS) is 14.4. The third kappa shape index (κ3) is 5.40. The number of amides is 1. The standard InChI is InChI=1S/C34H30F3N7O/c1-21-3-7-25(41-33(45)24-6-8-29(28(17-24)34(35,36)37)43-15-13-42(2)14-16-43)19-27(21)23-5-4-22-10-12-44(30(22)18-23)32-26-9-11-38-31(26)39-20-40-32/h3-12,17-20H,13-16H2,1-2H3,(H,41,45)(H,38,39,40). The lowest BCUT2D eigenvalue weighted by molar-refractivity contribution is -0.137. The number of H-pyrrole nitrogens is 1. The quantitative estimate of drug-likeness (QED) is 0.222. The fourth-order valence-corrected chi connectivity index (χ4v) is 5.97. The summed E-state index contributed by atoms with van der Waals surface area (Å²) < 4.78 is 44.4. The van der Waals surface area contributed by atoms with Gasteiger partial charge in [0, 0.05) is 60.9 Å². The number of hydrogen-bond acceptors (Lipinski definition) is 5. The Kier molecular flexibility index (Phi) is 7.04. The number of carbonyl (C=O) groups is 1. The van der Waals surface area contributed by atoms with E-state index in [1.54, 1.807) is 11.0 Å². The maximum absolute atomic E-state index is 14.1. The molecule has 0 aliphatic carbocycles. The number of anilines is 2. The van der Waals surface area contributed by atoms with Gasteiger partial charge in [-0.1, -0.05) is 18.2 Å². The lowest BCUT2D eigenvalue weighted by atomic mass is 9.98. The van der Waals surface area contributed by atoms with Gasteiger partial charge in [0.25, 0.3) is 5.91 Å². The highest BCUT2D eigenvalue weighted by molar-refractivity contribution is 6.05. The van der Waals surface area contributed by atoms with Crippen molar-refractivity contribution in [3.05, 3.63) is 102 Å². The summed E-state index contributed by atoms with van der Waals surface area (Å²) in [5.74, 6) is 0.145. The molecule has 11 heteroatoms. The average molecular weight is 610 g/mol. The van der Waals surface area contributed by atoms with Crippen molar-refractivity contribution in [1.29, 1.82) is 0 Å². The van der Waals surface area contributed by atoms with Crippen molar-refractivity contribution < 1.29 is 18.0 Å². The van der Waals surface area contributed by atoms with Gasteiger partial charge in [-0.2, -0.15) is 13.2 Å². The van der Waals surface area contributed by atoms with Crippen molar-refractivity contribution in [3.8, 4) is 16.9 Å². The van der Waals surface area contributed by atoms with Crippen molar-refractivity contribution in [2.24, 2.45) is 0 Å². The SMILES string of the molecule is Cc1ccc(NC(=O)c2ccc(N3CCN(C)CC3)c(C(F)(F)F)c2)cc1-c1ccc2ccn(-c3ncnc4[nH]ccc34)c2c1. The zero-order chi connectivity index (χ0) is 31.3. The fourth-order valence-electron chi connectivity index (χ4n) is 5.97. The number of aryl methyl sites for hydroxylation is 1. The number of aromatic nitrogens is 4. The van der Waals surface area contributed by atoms with Gasteiger partial charge in [-0.15, -0.1) is 0 Å². The van der Waals surface area contributed by atoms with Gasteiger partial charge in [0.15, 0.2) is 0 Å². The van der Waals surface area contributed by atoms with E-state index in [0.717, 1.165) is 50.5 Å². The molecular formula is C34H30F3N7O. The van der Waals surface area contributed by atoms with Crippen LogP contribution in [0.1, 0.15) is 21.5 Å². The largest absolute Gasteiger partial charge is 0.418 e. The highest BCUT2D eigenvalue weighted by atomic mass is 19.4. The Morgan fingerprint density at radius 2 is 1.76 bits per heavy atom. The molecule has 0 saturated carbocycles. The number of rotatable bonds is 5. The molecule has 1 saturated heterocycles. The molecule has 0 radical (unpaired) electrons. The summed E-state index contributed by atoms with van der Waals surface area (Å²) in [5.41, 5.74) is 4.21. The number of nitrogens with zero attached hydrogens (tertiary/aromatic N) is 5. The van der Waals surface area contributed by atoms with Crippen molar-refractivity contribution in [2.75, 3.05) is 43.4 Å². The van der Waals surface area contributed by atoms with Gasteiger partial charge in [0.2, 0.25) is 0 Å². The number of carbonyl (C=O) groups excluding carboxylic acids is 1. The van der Waals surface area contributed by atoms with Gasteiger partial charge in [0.1, 0.15) is 17.8 Å². The van der Waals surface area contributed by atoms with Crippen LogP contribution in [0.2, 0.25) is 0 Å². The van der Waals surface area contributed by atoms with E-state index in [9.17, 15) is 18.0 Å². The molecule has 1 amide bonds. The van der Waals surface area contributed by atoms with Gasteiger partial charge >= 0.3 is 6.18 Å². The number of nitrogens with one attached hydrogen (secondary N) is 2. The molecule has 3 aromatic heterocycles. The molecule has 7 rings (SSSR count). The zero-order valence-corrected chi connectivity index (χ0v) is 24.7. The predicted octanol–water partition coefficient (Wildman–Crippen LogP) is 6.90. The summed E-state index contributed by atoms with van der Waals surface area (Å²) in [4.78, 5) is 29.0. The topological polar surface area (TPSA) is 82.1 Å². The highest BCUT2D eigenvalue weighted by Gasteiger charge is 2.36. The number of hydrogen-bond donors (Lipinski definition) is 2. The van der Waals surface area contributed by atoms with E-state index < -0.39 is 17.6 Å². The molecule has 1 aliphatic heterocycles. The van der Waals surface area contributed by atoms with Gasteiger partial charge in [0.05, 0.1) is 16.5 Å². The molecule has 0 bridgehead atoms. The van der Waals surface area contributed by atoms with Gasteiger partial charge < -0.3 is 24.7 Å². The molecule has 0 unspecified atom stereocenters. The molecule has 0 spiro atoms. The van der Waals surface area contributed by atoms with E-state index in [2.05, 4.69) is 31.2 Å². The van der Waals surface area contributed by atoms with Gasteiger partial charge in [-0.25, -0.2) is 9.97 Å². The number of benzene rings is 3. The van der Waals surface area contributed by atoms with Crippen LogP contribution in [0.25, 0.3) is 38.9 Å². The summed E-state index contributed by atoms with van der Waals surface area (Å²) in [6, 6.07) is 19.4.